The van der Waals surface area contributed by atoms with Crippen LogP contribution in [0.25, 0.3) is 0 Å². The number of rotatable bonds is 8. The Kier molecular flexibility index (Phi) is 6.19. The van der Waals surface area contributed by atoms with Gasteiger partial charge in [0.05, 0.1) is 5.75 Å². The second-order valence-corrected chi connectivity index (χ2v) is 8.05. The van der Waals surface area contributed by atoms with Gasteiger partial charge in [-0.25, -0.2) is 4.79 Å². The number of hydrogen-bond donors (Lipinski definition) is 2. The first-order chi connectivity index (χ1) is 13.8. The van der Waals surface area contributed by atoms with Crippen LogP contribution in [0.5, 0.6) is 0 Å². The molecule has 2 aliphatic rings. The lowest BCUT2D eigenvalue weighted by molar-refractivity contribution is -0.192. The van der Waals surface area contributed by atoms with E-state index >= 15 is 0 Å². The van der Waals surface area contributed by atoms with E-state index in [0.29, 0.717) is 10.6 Å². The molecule has 3 rings (SSSR count). The van der Waals surface area contributed by atoms with E-state index in [4.69, 9.17) is 9.47 Å². The molecule has 0 radical (unpaired) electrons. The zero-order chi connectivity index (χ0) is 21.2. The van der Waals surface area contributed by atoms with Crippen molar-refractivity contribution in [3.8, 4) is 0 Å². The summed E-state index contributed by atoms with van der Waals surface area (Å²) >= 11 is 2.32. The third kappa shape index (κ3) is 3.97. The van der Waals surface area contributed by atoms with Gasteiger partial charge in [0.2, 0.25) is 5.91 Å². The summed E-state index contributed by atoms with van der Waals surface area (Å²) < 4.78 is 14.9. The van der Waals surface area contributed by atoms with Crippen molar-refractivity contribution in [2.24, 2.45) is 0 Å². The largest absolute Gasteiger partial charge is 0.477 e. The maximum Gasteiger partial charge on any atom is 0.352 e. The van der Waals surface area contributed by atoms with Crippen LogP contribution in [0, 0.1) is 0 Å². The number of carboxylic acids is 1. The van der Waals surface area contributed by atoms with Crippen molar-refractivity contribution in [2.45, 2.75) is 23.0 Å². The third-order valence-electron chi connectivity index (χ3n) is 4.17. The van der Waals surface area contributed by atoms with Gasteiger partial charge in [-0.2, -0.15) is 0 Å². The minimum atomic E-state index is -1.68. The average molecular weight is 443 g/mol. The number of amides is 2. The van der Waals surface area contributed by atoms with Crippen molar-refractivity contribution in [3.05, 3.63) is 23.6 Å². The highest BCUT2D eigenvalue weighted by atomic mass is 32.2. The van der Waals surface area contributed by atoms with Crippen molar-refractivity contribution in [1.82, 2.24) is 15.4 Å². The Labute approximate surface area is 173 Å². The van der Waals surface area contributed by atoms with Gasteiger partial charge in [-0.05, 0) is 0 Å². The number of aromatic nitrogens is 1. The van der Waals surface area contributed by atoms with Gasteiger partial charge < -0.3 is 24.4 Å². The van der Waals surface area contributed by atoms with Crippen molar-refractivity contribution < 1.29 is 38.3 Å². The number of aliphatic carboxylic acids is 1. The molecule has 0 saturated carbocycles. The number of carbonyl (C=O) groups is 4. The van der Waals surface area contributed by atoms with E-state index in [1.807, 2.05) is 0 Å². The van der Waals surface area contributed by atoms with Crippen molar-refractivity contribution in [2.75, 3.05) is 25.2 Å². The normalized spacial score (nSPS) is 23.3. The predicted molar refractivity (Wildman–Crippen MR) is 99.5 cm³/mol. The molecule has 2 amide bonds. The molecule has 1 fully saturated rings. The number of thioether (sulfide) groups is 2. The van der Waals surface area contributed by atoms with E-state index < -0.39 is 34.9 Å². The number of hydrogen-bond acceptors (Lipinski definition) is 10. The number of fused-ring (bicyclic) bond motifs is 1. The lowest BCUT2D eigenvalue weighted by Crippen LogP contribution is -2.80. The molecule has 156 valence electrons. The SMILES string of the molecule is CO[C@@]1(NC(=O)CSc2ccon2)C(=O)N2C(C(=O)O)=C(COC(C)=O)CS[C@H]21. The number of ether oxygens (including phenoxy) is 2. The summed E-state index contributed by atoms with van der Waals surface area (Å²) in [6, 6.07) is 1.59. The third-order valence-corrected chi connectivity index (χ3v) is 6.46. The molecule has 3 heterocycles. The Morgan fingerprint density at radius 2 is 2.28 bits per heavy atom. The monoisotopic (exact) mass is 443 g/mol. The average Bonchev–Trinajstić information content (AvgIpc) is 3.21. The van der Waals surface area contributed by atoms with E-state index in [-0.39, 0.29) is 23.8 Å². The Morgan fingerprint density at radius 1 is 1.52 bits per heavy atom. The molecule has 11 nitrogen and oxygen atoms in total. The number of methoxy groups -OCH3 is 1. The lowest BCUT2D eigenvalue weighted by atomic mass is 9.98. The van der Waals surface area contributed by atoms with Gasteiger partial charge in [0, 0.05) is 31.4 Å². The van der Waals surface area contributed by atoms with Gasteiger partial charge in [-0.3, -0.25) is 19.3 Å². The first-order valence-corrected chi connectivity index (χ1v) is 10.3. The summed E-state index contributed by atoms with van der Waals surface area (Å²) in [5.41, 5.74) is -1.65. The second kappa shape index (κ2) is 8.47. The summed E-state index contributed by atoms with van der Waals surface area (Å²) in [6.45, 7) is 0.970. The Hall–Kier alpha value is -2.51. The minimum absolute atomic E-state index is 0.0400. The van der Waals surface area contributed by atoms with Gasteiger partial charge in [-0.15, -0.1) is 11.8 Å². The number of nitrogens with one attached hydrogen (secondary N) is 1. The second-order valence-electron chi connectivity index (χ2n) is 5.99. The standard InChI is InChI=1S/C16H17N3O8S2/c1-8(20)26-5-9-6-29-15-16(25-2,14(24)19(15)12(9)13(22)23)17-10(21)7-28-11-3-4-27-18-11/h3-4,15H,5-7H2,1-2H3,(H,17,21)(H,22,23)/t15-,16-/m0/s1. The maximum atomic E-state index is 12.8. The molecule has 0 spiro atoms. The number of carbonyl (C=O) groups excluding carboxylic acids is 3. The topological polar surface area (TPSA) is 148 Å². The van der Waals surface area contributed by atoms with Gasteiger partial charge >= 0.3 is 11.9 Å². The molecule has 2 N–H and O–H groups in total. The first kappa shape index (κ1) is 21.2. The maximum absolute atomic E-state index is 12.8. The summed E-state index contributed by atoms with van der Waals surface area (Å²) in [5, 5.41) is 15.6. The van der Waals surface area contributed by atoms with Crippen molar-refractivity contribution in [3.63, 3.8) is 0 Å². The predicted octanol–water partition coefficient (Wildman–Crippen LogP) is 0.0425. The van der Waals surface area contributed by atoms with E-state index in [1.54, 1.807) is 6.07 Å². The Balaban J connectivity index is 1.75. The Bertz CT molecular complexity index is 872. The number of esters is 1. The number of nitrogens with zero attached hydrogens (tertiary/aromatic N) is 2. The van der Waals surface area contributed by atoms with Crippen LogP contribution in [0.3, 0.4) is 0 Å². The first-order valence-electron chi connectivity index (χ1n) is 8.23. The van der Waals surface area contributed by atoms with Crippen LogP contribution < -0.4 is 5.32 Å². The van der Waals surface area contributed by atoms with E-state index in [2.05, 4.69) is 15.0 Å². The van der Waals surface area contributed by atoms with E-state index in [9.17, 15) is 24.3 Å². The molecule has 29 heavy (non-hydrogen) atoms. The fourth-order valence-electron chi connectivity index (χ4n) is 2.90. The summed E-state index contributed by atoms with van der Waals surface area (Å²) in [7, 11) is 1.26. The van der Waals surface area contributed by atoms with Gasteiger partial charge in [0.1, 0.15) is 29.0 Å². The molecule has 1 aromatic heterocycles. The van der Waals surface area contributed by atoms with Gasteiger partial charge in [0.25, 0.3) is 11.6 Å². The van der Waals surface area contributed by atoms with Gasteiger partial charge in [0.15, 0.2) is 0 Å². The van der Waals surface area contributed by atoms with Crippen molar-refractivity contribution in [1.29, 1.82) is 0 Å². The van der Waals surface area contributed by atoms with Crippen LogP contribution >= 0.6 is 23.5 Å². The zero-order valence-corrected chi connectivity index (χ0v) is 17.0. The summed E-state index contributed by atoms with van der Waals surface area (Å²) in [4.78, 5) is 49.0. The van der Waals surface area contributed by atoms with Crippen molar-refractivity contribution >= 4 is 47.3 Å². The molecular weight excluding hydrogens is 426 g/mol. The molecule has 0 aliphatic carbocycles. The van der Waals surface area contributed by atoms with Crippen LogP contribution in [0.1, 0.15) is 6.92 Å². The smallest absolute Gasteiger partial charge is 0.352 e. The van der Waals surface area contributed by atoms with Crippen LogP contribution in [-0.4, -0.2) is 75.2 Å². The molecule has 2 aliphatic heterocycles. The quantitative estimate of drug-likeness (QED) is 0.243. The molecule has 2 atom stereocenters. The number of β-lactam (4-membered cyclic amide) rings is 1. The summed E-state index contributed by atoms with van der Waals surface area (Å²) in [5.74, 6) is -2.94. The lowest BCUT2D eigenvalue weighted by Gasteiger charge is -2.55. The van der Waals surface area contributed by atoms with E-state index in [0.717, 1.165) is 16.7 Å². The molecule has 1 aromatic rings. The minimum Gasteiger partial charge on any atom is -0.477 e. The highest BCUT2D eigenvalue weighted by Gasteiger charge is 2.66. The fraction of sp³-hybridized carbons (Fsp3) is 0.438. The molecular formula is C16H17N3O8S2. The summed E-state index contributed by atoms with van der Waals surface area (Å²) in [6.07, 6.45) is 1.37. The Morgan fingerprint density at radius 3 is 2.86 bits per heavy atom. The van der Waals surface area contributed by atoms with Crippen LogP contribution in [0.2, 0.25) is 0 Å². The number of carboxylic acid groups (broad SMARTS) is 1. The molecule has 1 saturated heterocycles. The van der Waals surface area contributed by atoms with Crippen LogP contribution in [0.4, 0.5) is 0 Å². The van der Waals surface area contributed by atoms with Crippen LogP contribution in [0.15, 0.2) is 33.1 Å². The fourth-order valence-corrected chi connectivity index (χ4v) is 4.92. The molecule has 13 heteroatoms. The molecule has 0 unspecified atom stereocenters. The van der Waals surface area contributed by atoms with Crippen LogP contribution in [-0.2, 0) is 28.7 Å². The molecule has 0 aromatic carbocycles. The highest BCUT2D eigenvalue weighted by Crippen LogP contribution is 2.46. The zero-order valence-electron chi connectivity index (χ0n) is 15.4. The molecule has 0 bridgehead atoms. The van der Waals surface area contributed by atoms with Gasteiger partial charge in [-0.1, -0.05) is 16.9 Å². The van der Waals surface area contributed by atoms with E-state index in [1.165, 1.54) is 32.1 Å². The highest BCUT2D eigenvalue weighted by molar-refractivity contribution is 8.00.